The second kappa shape index (κ2) is 9.04. The van der Waals surface area contributed by atoms with Crippen molar-refractivity contribution in [3.8, 4) is 5.75 Å². The zero-order chi connectivity index (χ0) is 21.1. The van der Waals surface area contributed by atoms with Crippen LogP contribution in [0.3, 0.4) is 0 Å². The molecule has 2 aromatic heterocycles. The van der Waals surface area contributed by atoms with E-state index in [0.29, 0.717) is 29.1 Å². The Morgan fingerprint density at radius 1 is 1.20 bits per heavy atom. The molecule has 0 unspecified atom stereocenters. The van der Waals surface area contributed by atoms with Crippen molar-refractivity contribution >= 4 is 34.6 Å². The lowest BCUT2D eigenvalue weighted by atomic mass is 10.0. The van der Waals surface area contributed by atoms with Crippen molar-refractivity contribution < 1.29 is 13.9 Å². The molecule has 1 aromatic carbocycles. The first-order valence-corrected chi connectivity index (χ1v) is 10.4. The number of nitrogens with zero attached hydrogens (tertiary/aromatic N) is 2. The summed E-state index contributed by atoms with van der Waals surface area (Å²) in [4.78, 5) is 6.54. The molecule has 0 spiro atoms. The summed E-state index contributed by atoms with van der Waals surface area (Å²) in [5.41, 5.74) is 1.72. The molecule has 30 heavy (non-hydrogen) atoms. The fraction of sp³-hybridized carbons (Fsp3) is 0.273. The van der Waals surface area contributed by atoms with Gasteiger partial charge in [-0.05, 0) is 61.6 Å². The highest BCUT2D eigenvalue weighted by atomic mass is 35.5. The summed E-state index contributed by atoms with van der Waals surface area (Å²) in [6, 6.07) is 15.0. The fourth-order valence-electron chi connectivity index (χ4n) is 3.53. The molecule has 1 aliphatic heterocycles. The van der Waals surface area contributed by atoms with E-state index in [1.165, 1.54) is 0 Å². The highest BCUT2D eigenvalue weighted by molar-refractivity contribution is 7.80. The van der Waals surface area contributed by atoms with E-state index in [0.717, 1.165) is 22.9 Å². The Morgan fingerprint density at radius 2 is 2.07 bits per heavy atom. The van der Waals surface area contributed by atoms with Crippen molar-refractivity contribution in [2.24, 2.45) is 0 Å². The first kappa shape index (κ1) is 20.7. The molecule has 0 saturated carbocycles. The standard InChI is InChI=1S/C22H22ClN3O3S/c1-14-6-8-19(29-14)21-20(17-5-3-4-10-24-17)25-22(30)26(21)15-7-9-18(16(23)13-15)28-12-11-27-2/h3-10,13,20-21H,11-12H2,1-2H3,(H,25,30)/t20-,21+/m1/s1. The van der Waals surface area contributed by atoms with E-state index in [4.69, 9.17) is 37.7 Å². The zero-order valence-electron chi connectivity index (χ0n) is 16.7. The van der Waals surface area contributed by atoms with E-state index in [1.54, 1.807) is 13.3 Å². The molecule has 0 radical (unpaired) electrons. The maximum Gasteiger partial charge on any atom is 0.174 e. The molecule has 8 heteroatoms. The smallest absolute Gasteiger partial charge is 0.174 e. The van der Waals surface area contributed by atoms with Crippen LogP contribution in [-0.2, 0) is 4.74 Å². The van der Waals surface area contributed by atoms with Crippen LogP contribution in [0.25, 0.3) is 0 Å². The van der Waals surface area contributed by atoms with Crippen LogP contribution in [-0.4, -0.2) is 30.4 Å². The maximum absolute atomic E-state index is 6.49. The van der Waals surface area contributed by atoms with Crippen LogP contribution in [0, 0.1) is 6.92 Å². The van der Waals surface area contributed by atoms with E-state index in [9.17, 15) is 0 Å². The number of nitrogens with one attached hydrogen (secondary N) is 1. The molecule has 1 aliphatic rings. The Balaban J connectivity index is 1.70. The molecular formula is C22H22ClN3O3S. The molecule has 0 amide bonds. The normalized spacial score (nSPS) is 18.5. The molecule has 0 aliphatic carbocycles. The maximum atomic E-state index is 6.49. The Kier molecular flexibility index (Phi) is 6.22. The van der Waals surface area contributed by atoms with Crippen molar-refractivity contribution in [3.05, 3.63) is 77.0 Å². The monoisotopic (exact) mass is 443 g/mol. The number of pyridine rings is 1. The third-order valence-corrected chi connectivity index (χ3v) is 5.50. The molecule has 156 valence electrons. The quantitative estimate of drug-likeness (QED) is 0.414. The Hall–Kier alpha value is -2.61. The minimum absolute atomic E-state index is 0.166. The highest BCUT2D eigenvalue weighted by Crippen LogP contribution is 2.43. The van der Waals surface area contributed by atoms with Gasteiger partial charge in [-0.15, -0.1) is 0 Å². The van der Waals surface area contributed by atoms with Gasteiger partial charge in [0.05, 0.1) is 23.4 Å². The van der Waals surface area contributed by atoms with Crippen molar-refractivity contribution in [2.45, 2.75) is 19.0 Å². The van der Waals surface area contributed by atoms with Gasteiger partial charge in [0.1, 0.15) is 29.9 Å². The number of halogens is 1. The molecule has 4 rings (SSSR count). The lowest BCUT2D eigenvalue weighted by Gasteiger charge is -2.26. The van der Waals surface area contributed by atoms with Gasteiger partial charge in [-0.1, -0.05) is 17.7 Å². The van der Waals surface area contributed by atoms with Gasteiger partial charge in [0.25, 0.3) is 0 Å². The van der Waals surface area contributed by atoms with E-state index in [1.807, 2.05) is 60.4 Å². The second-order valence-corrected chi connectivity index (χ2v) is 7.69. The number of furan rings is 1. The van der Waals surface area contributed by atoms with Gasteiger partial charge in [0.15, 0.2) is 5.11 Å². The number of aryl methyl sites for hydroxylation is 1. The summed E-state index contributed by atoms with van der Waals surface area (Å²) in [5, 5.41) is 4.48. The SMILES string of the molecule is COCCOc1ccc(N2C(=S)N[C@H](c3ccccn3)[C@@H]2c2ccc(C)o2)cc1Cl. The number of thiocarbonyl (C=S) groups is 1. The molecule has 0 bridgehead atoms. The van der Waals surface area contributed by atoms with Crippen LogP contribution in [0.1, 0.15) is 29.3 Å². The van der Waals surface area contributed by atoms with Crippen molar-refractivity contribution in [1.82, 2.24) is 10.3 Å². The lowest BCUT2D eigenvalue weighted by Crippen LogP contribution is -2.29. The first-order chi connectivity index (χ1) is 14.6. The summed E-state index contributed by atoms with van der Waals surface area (Å²) in [5.74, 6) is 2.23. The fourth-order valence-corrected chi connectivity index (χ4v) is 4.10. The summed E-state index contributed by atoms with van der Waals surface area (Å²) in [6.45, 7) is 2.84. The molecule has 6 nitrogen and oxygen atoms in total. The van der Waals surface area contributed by atoms with E-state index < -0.39 is 0 Å². The predicted molar refractivity (Wildman–Crippen MR) is 120 cm³/mol. The lowest BCUT2D eigenvalue weighted by molar-refractivity contribution is 0.146. The molecule has 1 N–H and O–H groups in total. The number of hydrogen-bond donors (Lipinski definition) is 1. The van der Waals surface area contributed by atoms with Gasteiger partial charge in [0, 0.05) is 19.0 Å². The van der Waals surface area contributed by atoms with Crippen LogP contribution < -0.4 is 15.0 Å². The van der Waals surface area contributed by atoms with Gasteiger partial charge in [0.2, 0.25) is 0 Å². The van der Waals surface area contributed by atoms with Gasteiger partial charge in [-0.25, -0.2) is 0 Å². The van der Waals surface area contributed by atoms with Crippen LogP contribution >= 0.6 is 23.8 Å². The number of benzene rings is 1. The third-order valence-electron chi connectivity index (χ3n) is 4.89. The summed E-state index contributed by atoms with van der Waals surface area (Å²) in [6.07, 6.45) is 1.77. The van der Waals surface area contributed by atoms with Gasteiger partial charge in [-0.3, -0.25) is 4.98 Å². The van der Waals surface area contributed by atoms with Gasteiger partial charge < -0.3 is 24.1 Å². The summed E-state index contributed by atoms with van der Waals surface area (Å²) < 4.78 is 16.7. The van der Waals surface area contributed by atoms with Gasteiger partial charge in [-0.2, -0.15) is 0 Å². The van der Waals surface area contributed by atoms with Crippen LogP contribution in [0.2, 0.25) is 5.02 Å². The average Bonchev–Trinajstić information content (AvgIpc) is 3.33. The van der Waals surface area contributed by atoms with Gasteiger partial charge >= 0.3 is 0 Å². The Morgan fingerprint density at radius 3 is 2.73 bits per heavy atom. The number of hydrogen-bond acceptors (Lipinski definition) is 5. The minimum atomic E-state index is -0.211. The summed E-state index contributed by atoms with van der Waals surface area (Å²) in [7, 11) is 1.63. The minimum Gasteiger partial charge on any atom is -0.490 e. The number of methoxy groups -OCH3 is 1. The van der Waals surface area contributed by atoms with Crippen molar-refractivity contribution in [3.63, 3.8) is 0 Å². The zero-order valence-corrected chi connectivity index (χ0v) is 18.2. The van der Waals surface area contributed by atoms with Crippen molar-refractivity contribution in [2.75, 3.05) is 25.2 Å². The highest BCUT2D eigenvalue weighted by Gasteiger charge is 2.42. The van der Waals surface area contributed by atoms with E-state index >= 15 is 0 Å². The number of rotatable bonds is 7. The predicted octanol–water partition coefficient (Wildman–Crippen LogP) is 4.84. The largest absolute Gasteiger partial charge is 0.490 e. The first-order valence-electron chi connectivity index (χ1n) is 9.57. The number of anilines is 1. The topological polar surface area (TPSA) is 59.8 Å². The van der Waals surface area contributed by atoms with E-state index in [-0.39, 0.29) is 12.1 Å². The average molecular weight is 444 g/mol. The molecule has 3 aromatic rings. The molecule has 2 atom stereocenters. The molecule has 1 saturated heterocycles. The third kappa shape index (κ3) is 4.14. The van der Waals surface area contributed by atoms with Crippen LogP contribution in [0.4, 0.5) is 5.69 Å². The number of aromatic nitrogens is 1. The van der Waals surface area contributed by atoms with Crippen molar-refractivity contribution in [1.29, 1.82) is 0 Å². The van der Waals surface area contributed by atoms with Crippen LogP contribution in [0.5, 0.6) is 5.75 Å². The molecular weight excluding hydrogens is 422 g/mol. The Bertz CT molecular complexity index is 1030. The van der Waals surface area contributed by atoms with E-state index in [2.05, 4.69) is 10.3 Å². The Labute approximate surface area is 185 Å². The number of ether oxygens (including phenoxy) is 2. The molecule has 3 heterocycles. The van der Waals surface area contributed by atoms with Crippen LogP contribution in [0.15, 0.2) is 59.1 Å². The summed E-state index contributed by atoms with van der Waals surface area (Å²) >= 11 is 12.2. The molecule has 1 fully saturated rings. The second-order valence-electron chi connectivity index (χ2n) is 6.90.